The standard InChI is InChI=1S/C28H33N5O4/c1-21-19-30-28-31-24-15-22(16-25(18-24)36-14-9-33-7-12-34-13-8-33)20-35-10-3-2-4-11-37-26-17-23(5-6-29-26)27(21)32-28/h2-3,5-6,15-19H,4,7-14,20H2,1H3,(H,30,31,32)/b3-2+. The molecule has 9 heteroatoms. The lowest BCUT2D eigenvalue weighted by molar-refractivity contribution is 0.0322. The van der Waals surface area contributed by atoms with Crippen molar-refractivity contribution in [2.24, 2.45) is 0 Å². The minimum Gasteiger partial charge on any atom is -0.492 e. The molecule has 0 saturated carbocycles. The Bertz CT molecular complexity index is 1210. The van der Waals surface area contributed by atoms with E-state index in [9.17, 15) is 0 Å². The highest BCUT2D eigenvalue weighted by atomic mass is 16.5. The number of fused-ring (bicyclic) bond motifs is 7. The number of ether oxygens (including phenoxy) is 4. The molecule has 0 aliphatic carbocycles. The minimum absolute atomic E-state index is 0.463. The van der Waals surface area contributed by atoms with Crippen LogP contribution in [0.15, 0.2) is 54.9 Å². The zero-order valence-electron chi connectivity index (χ0n) is 21.2. The van der Waals surface area contributed by atoms with E-state index in [-0.39, 0.29) is 0 Å². The molecule has 1 fully saturated rings. The summed E-state index contributed by atoms with van der Waals surface area (Å²) in [5, 5.41) is 3.36. The molecule has 0 spiro atoms. The number of rotatable bonds is 4. The van der Waals surface area contributed by atoms with E-state index in [1.54, 1.807) is 6.20 Å². The first-order valence-electron chi connectivity index (χ1n) is 12.7. The fourth-order valence-electron chi connectivity index (χ4n) is 4.24. The maximum Gasteiger partial charge on any atom is 0.227 e. The van der Waals surface area contributed by atoms with Crippen molar-refractivity contribution >= 4 is 11.6 Å². The Morgan fingerprint density at radius 1 is 1.03 bits per heavy atom. The van der Waals surface area contributed by atoms with Gasteiger partial charge in [0.15, 0.2) is 0 Å². The maximum atomic E-state index is 6.15. The molecular weight excluding hydrogens is 470 g/mol. The molecular formula is C28H33N5O4. The topological polar surface area (TPSA) is 90.9 Å². The van der Waals surface area contributed by atoms with Crippen LogP contribution in [0.1, 0.15) is 17.5 Å². The van der Waals surface area contributed by atoms with E-state index in [4.69, 9.17) is 23.9 Å². The van der Waals surface area contributed by atoms with E-state index in [1.165, 1.54) is 0 Å². The molecule has 2 aliphatic heterocycles. The molecule has 2 aliphatic rings. The molecule has 9 nitrogen and oxygen atoms in total. The third-order valence-electron chi connectivity index (χ3n) is 6.17. The summed E-state index contributed by atoms with van der Waals surface area (Å²) in [4.78, 5) is 16.0. The van der Waals surface area contributed by atoms with Crippen LogP contribution in [0, 0.1) is 6.92 Å². The van der Waals surface area contributed by atoms with Gasteiger partial charge in [0.2, 0.25) is 11.8 Å². The lowest BCUT2D eigenvalue weighted by Crippen LogP contribution is -2.38. The Kier molecular flexibility index (Phi) is 8.58. The van der Waals surface area contributed by atoms with E-state index in [1.807, 2.05) is 49.5 Å². The van der Waals surface area contributed by atoms with Gasteiger partial charge < -0.3 is 24.3 Å². The summed E-state index contributed by atoms with van der Waals surface area (Å²) < 4.78 is 23.3. The number of hydrogen-bond donors (Lipinski definition) is 1. The zero-order valence-corrected chi connectivity index (χ0v) is 21.2. The molecule has 1 N–H and O–H groups in total. The number of nitrogens with zero attached hydrogens (tertiary/aromatic N) is 4. The average molecular weight is 504 g/mol. The molecule has 1 saturated heterocycles. The molecule has 0 atom stereocenters. The second-order valence-electron chi connectivity index (χ2n) is 9.02. The first-order chi connectivity index (χ1) is 18.2. The van der Waals surface area contributed by atoms with Gasteiger partial charge >= 0.3 is 0 Å². The predicted octanol–water partition coefficient (Wildman–Crippen LogP) is 4.16. The lowest BCUT2D eigenvalue weighted by Gasteiger charge is -2.26. The Balaban J connectivity index is 1.39. The molecule has 4 heterocycles. The van der Waals surface area contributed by atoms with Crippen LogP contribution in [-0.2, 0) is 16.1 Å². The third kappa shape index (κ3) is 7.25. The van der Waals surface area contributed by atoms with Gasteiger partial charge in [0.25, 0.3) is 0 Å². The van der Waals surface area contributed by atoms with E-state index < -0.39 is 0 Å². The Morgan fingerprint density at radius 3 is 2.86 bits per heavy atom. The number of hydrogen-bond acceptors (Lipinski definition) is 9. The summed E-state index contributed by atoms with van der Waals surface area (Å²) >= 11 is 0. The number of anilines is 2. The first-order valence-corrected chi connectivity index (χ1v) is 12.7. The van der Waals surface area contributed by atoms with Crippen LogP contribution in [0.25, 0.3) is 11.3 Å². The number of pyridine rings is 1. The molecule has 6 bridgehead atoms. The molecule has 194 valence electrons. The largest absolute Gasteiger partial charge is 0.492 e. The van der Waals surface area contributed by atoms with Crippen LogP contribution in [0.3, 0.4) is 0 Å². The van der Waals surface area contributed by atoms with Crippen LogP contribution in [-0.4, -0.2) is 72.5 Å². The van der Waals surface area contributed by atoms with Crippen LogP contribution in [0.5, 0.6) is 11.6 Å². The number of benzene rings is 1. The average Bonchev–Trinajstić information content (AvgIpc) is 2.91. The highest BCUT2D eigenvalue weighted by Gasteiger charge is 2.12. The van der Waals surface area contributed by atoms with Crippen LogP contribution >= 0.6 is 0 Å². The Morgan fingerprint density at radius 2 is 1.95 bits per heavy atom. The SMILES string of the molecule is Cc1cnc2nc1-c1ccnc(c1)OCC/C=C/COCc1cc(cc(OCCN3CCOCC3)c1)N2. The van der Waals surface area contributed by atoms with Crippen molar-refractivity contribution in [1.82, 2.24) is 19.9 Å². The van der Waals surface area contributed by atoms with Crippen molar-refractivity contribution in [3.05, 3.63) is 66.0 Å². The smallest absolute Gasteiger partial charge is 0.227 e. The minimum atomic E-state index is 0.463. The Labute approximate surface area is 217 Å². The third-order valence-corrected chi connectivity index (χ3v) is 6.17. The quantitative estimate of drug-likeness (QED) is 0.527. The van der Waals surface area contributed by atoms with E-state index >= 15 is 0 Å². The second kappa shape index (κ2) is 12.6. The van der Waals surface area contributed by atoms with Crippen molar-refractivity contribution < 1.29 is 18.9 Å². The van der Waals surface area contributed by atoms with Gasteiger partial charge in [0, 0.05) is 55.4 Å². The van der Waals surface area contributed by atoms with Gasteiger partial charge in [-0.3, -0.25) is 4.90 Å². The van der Waals surface area contributed by atoms with Gasteiger partial charge in [-0.2, -0.15) is 0 Å². The second-order valence-corrected chi connectivity index (χ2v) is 9.02. The number of aromatic nitrogens is 3. The summed E-state index contributed by atoms with van der Waals surface area (Å²) in [7, 11) is 0. The molecule has 2 aromatic heterocycles. The van der Waals surface area contributed by atoms with Crippen molar-refractivity contribution in [2.75, 3.05) is 58.0 Å². The van der Waals surface area contributed by atoms with Gasteiger partial charge in [0.05, 0.1) is 38.7 Å². The normalized spacial score (nSPS) is 17.5. The van der Waals surface area contributed by atoms with Crippen molar-refractivity contribution in [3.8, 4) is 22.9 Å². The van der Waals surface area contributed by atoms with E-state index in [2.05, 4.69) is 26.3 Å². The van der Waals surface area contributed by atoms with Gasteiger partial charge in [-0.05, 0) is 42.7 Å². The molecule has 0 radical (unpaired) electrons. The number of aryl methyl sites for hydroxylation is 1. The monoisotopic (exact) mass is 503 g/mol. The fraction of sp³-hybridized carbons (Fsp3) is 0.393. The molecule has 3 aromatic rings. The summed E-state index contributed by atoms with van der Waals surface area (Å²) in [5.74, 6) is 1.86. The summed E-state index contributed by atoms with van der Waals surface area (Å²) in [6.07, 6.45) is 8.41. The van der Waals surface area contributed by atoms with Crippen LogP contribution < -0.4 is 14.8 Å². The van der Waals surface area contributed by atoms with Crippen LogP contribution in [0.2, 0.25) is 0 Å². The van der Waals surface area contributed by atoms with E-state index in [0.717, 1.165) is 73.1 Å². The highest BCUT2D eigenvalue weighted by molar-refractivity contribution is 5.66. The first kappa shape index (κ1) is 25.1. The summed E-state index contributed by atoms with van der Waals surface area (Å²) in [6, 6.07) is 9.89. The van der Waals surface area contributed by atoms with Gasteiger partial charge in [0.1, 0.15) is 12.4 Å². The number of morpholine rings is 1. The van der Waals surface area contributed by atoms with E-state index in [0.29, 0.717) is 38.3 Å². The summed E-state index contributed by atoms with van der Waals surface area (Å²) in [6.45, 7) is 8.41. The summed E-state index contributed by atoms with van der Waals surface area (Å²) in [5.41, 5.74) is 4.57. The Hall–Kier alpha value is -3.53. The van der Waals surface area contributed by atoms with Crippen molar-refractivity contribution in [1.29, 1.82) is 0 Å². The van der Waals surface area contributed by atoms with Gasteiger partial charge in [-0.15, -0.1) is 0 Å². The van der Waals surface area contributed by atoms with Gasteiger partial charge in [-0.25, -0.2) is 15.0 Å². The van der Waals surface area contributed by atoms with Crippen LogP contribution in [0.4, 0.5) is 11.6 Å². The molecule has 1 aromatic carbocycles. The molecule has 5 rings (SSSR count). The maximum absolute atomic E-state index is 6.15. The lowest BCUT2D eigenvalue weighted by atomic mass is 10.1. The zero-order chi connectivity index (χ0) is 25.3. The molecule has 37 heavy (non-hydrogen) atoms. The fourth-order valence-corrected chi connectivity index (χ4v) is 4.24. The van der Waals surface area contributed by atoms with Crippen molar-refractivity contribution in [2.45, 2.75) is 20.0 Å². The van der Waals surface area contributed by atoms with Crippen molar-refractivity contribution in [3.63, 3.8) is 0 Å². The number of nitrogens with one attached hydrogen (secondary N) is 1. The highest BCUT2D eigenvalue weighted by Crippen LogP contribution is 2.27. The predicted molar refractivity (Wildman–Crippen MR) is 141 cm³/mol. The molecule has 0 amide bonds. The molecule has 0 unspecified atom stereocenters. The van der Waals surface area contributed by atoms with Gasteiger partial charge in [-0.1, -0.05) is 12.2 Å².